The Bertz CT molecular complexity index is 876. The zero-order valence-corrected chi connectivity index (χ0v) is 17.3. The number of rotatable bonds is 8. The fraction of sp³-hybridized carbons (Fsp3) is 0.611. The molecule has 0 radical (unpaired) electrons. The molecule has 1 saturated heterocycles. The van der Waals surface area contributed by atoms with E-state index >= 15 is 0 Å². The van der Waals surface area contributed by atoms with Crippen LogP contribution in [0.2, 0.25) is 0 Å². The summed E-state index contributed by atoms with van der Waals surface area (Å²) in [6, 6.07) is 4.45. The number of nitro benzene ring substituents is 1. The summed E-state index contributed by atoms with van der Waals surface area (Å²) < 4.78 is 31.9. The molecule has 1 aromatic carbocycles. The number of hydrogen-bond acceptors (Lipinski definition) is 7. The van der Waals surface area contributed by atoms with Crippen molar-refractivity contribution < 1.29 is 22.9 Å². The molecular formula is C18H26N4O6S. The number of anilines is 1. The van der Waals surface area contributed by atoms with Crippen LogP contribution in [0.3, 0.4) is 0 Å². The van der Waals surface area contributed by atoms with Crippen molar-refractivity contribution in [3.05, 3.63) is 33.9 Å². The lowest BCUT2D eigenvalue weighted by Gasteiger charge is -2.34. The standard InChI is InChI=1S/C18H26N4O6S/c1-12-10-21(11-13(2)28-12)29(26,27)8-7-19-18(23)14-3-6-16(20-15-4-5-15)17(9-14)22(24)25/h3,6,9,12-13,15,20H,4-5,7-8,10-11H2,1-2H3,(H,19,23). The van der Waals surface area contributed by atoms with Crippen molar-refractivity contribution in [3.8, 4) is 0 Å². The molecule has 160 valence electrons. The van der Waals surface area contributed by atoms with E-state index < -0.39 is 20.9 Å². The molecule has 2 aliphatic rings. The van der Waals surface area contributed by atoms with Crippen molar-refractivity contribution in [2.75, 3.05) is 30.7 Å². The smallest absolute Gasteiger partial charge is 0.293 e. The van der Waals surface area contributed by atoms with Gasteiger partial charge in [0.2, 0.25) is 10.0 Å². The van der Waals surface area contributed by atoms with Crippen LogP contribution < -0.4 is 10.6 Å². The Morgan fingerprint density at radius 1 is 1.28 bits per heavy atom. The van der Waals surface area contributed by atoms with Gasteiger partial charge in [0.1, 0.15) is 5.69 Å². The topological polar surface area (TPSA) is 131 Å². The van der Waals surface area contributed by atoms with Gasteiger partial charge in [-0.05, 0) is 38.8 Å². The highest BCUT2D eigenvalue weighted by Gasteiger charge is 2.31. The number of nitro groups is 1. The van der Waals surface area contributed by atoms with Gasteiger partial charge in [0, 0.05) is 37.3 Å². The van der Waals surface area contributed by atoms with Gasteiger partial charge >= 0.3 is 0 Å². The minimum Gasteiger partial charge on any atom is -0.377 e. The summed E-state index contributed by atoms with van der Waals surface area (Å²) in [5.74, 6) is -0.799. The Hall–Kier alpha value is -2.24. The minimum atomic E-state index is -3.54. The molecule has 1 aliphatic heterocycles. The molecular weight excluding hydrogens is 400 g/mol. The lowest BCUT2D eigenvalue weighted by molar-refractivity contribution is -0.384. The number of nitrogens with one attached hydrogen (secondary N) is 2. The molecule has 1 aromatic rings. The molecule has 11 heteroatoms. The third-order valence-electron chi connectivity index (χ3n) is 4.82. The molecule has 2 N–H and O–H groups in total. The third kappa shape index (κ3) is 5.64. The number of sulfonamides is 1. The second-order valence-corrected chi connectivity index (χ2v) is 9.64. The van der Waals surface area contributed by atoms with Crippen molar-refractivity contribution in [2.45, 2.75) is 44.9 Å². The van der Waals surface area contributed by atoms with Gasteiger partial charge in [-0.25, -0.2) is 8.42 Å². The number of nitrogens with zero attached hydrogens (tertiary/aromatic N) is 2. The predicted octanol–water partition coefficient (Wildman–Crippen LogP) is 1.34. The molecule has 2 fully saturated rings. The van der Waals surface area contributed by atoms with Crippen LogP contribution >= 0.6 is 0 Å². The first kappa shape index (κ1) is 21.5. The van der Waals surface area contributed by atoms with Crippen LogP contribution in [0.1, 0.15) is 37.0 Å². The van der Waals surface area contributed by atoms with Crippen LogP contribution in [0.25, 0.3) is 0 Å². The predicted molar refractivity (Wildman–Crippen MR) is 107 cm³/mol. The summed E-state index contributed by atoms with van der Waals surface area (Å²) in [7, 11) is -3.54. The molecule has 1 heterocycles. The summed E-state index contributed by atoms with van der Waals surface area (Å²) in [6.07, 6.45) is 1.56. The van der Waals surface area contributed by atoms with Gasteiger partial charge in [-0.15, -0.1) is 0 Å². The van der Waals surface area contributed by atoms with Gasteiger partial charge in [-0.1, -0.05) is 0 Å². The van der Waals surface area contributed by atoms with E-state index in [2.05, 4.69) is 10.6 Å². The fourth-order valence-electron chi connectivity index (χ4n) is 3.28. The van der Waals surface area contributed by atoms with Crippen LogP contribution in [0.4, 0.5) is 11.4 Å². The number of amides is 1. The lowest BCUT2D eigenvalue weighted by Crippen LogP contribution is -2.49. The van der Waals surface area contributed by atoms with Crippen molar-refractivity contribution in [1.29, 1.82) is 0 Å². The molecule has 1 saturated carbocycles. The van der Waals surface area contributed by atoms with E-state index in [0.717, 1.165) is 12.8 Å². The van der Waals surface area contributed by atoms with E-state index in [0.29, 0.717) is 5.69 Å². The molecule has 2 unspecified atom stereocenters. The van der Waals surface area contributed by atoms with Crippen LogP contribution in [0.15, 0.2) is 18.2 Å². The normalized spacial score (nSPS) is 22.8. The zero-order valence-electron chi connectivity index (χ0n) is 16.5. The average molecular weight is 426 g/mol. The van der Waals surface area contributed by atoms with Crippen LogP contribution in [-0.4, -0.2) is 67.2 Å². The highest BCUT2D eigenvalue weighted by atomic mass is 32.2. The van der Waals surface area contributed by atoms with E-state index in [1.807, 2.05) is 13.8 Å². The monoisotopic (exact) mass is 426 g/mol. The summed E-state index contributed by atoms with van der Waals surface area (Å²) in [4.78, 5) is 23.1. The van der Waals surface area contributed by atoms with Gasteiger partial charge in [0.15, 0.2) is 0 Å². The zero-order chi connectivity index (χ0) is 21.2. The second kappa shape index (κ2) is 8.64. The molecule has 0 bridgehead atoms. The number of hydrogen-bond donors (Lipinski definition) is 2. The fourth-order valence-corrected chi connectivity index (χ4v) is 4.77. The Morgan fingerprint density at radius 3 is 2.52 bits per heavy atom. The molecule has 1 amide bonds. The largest absolute Gasteiger partial charge is 0.377 e. The van der Waals surface area contributed by atoms with Crippen LogP contribution in [0.5, 0.6) is 0 Å². The summed E-state index contributed by atoms with van der Waals surface area (Å²) in [5.41, 5.74) is 0.324. The number of morpholine rings is 1. The quantitative estimate of drug-likeness (QED) is 0.474. The van der Waals surface area contributed by atoms with Crippen molar-refractivity contribution in [1.82, 2.24) is 9.62 Å². The second-order valence-electron chi connectivity index (χ2n) is 7.55. The Labute approximate surface area is 169 Å². The first-order valence-corrected chi connectivity index (χ1v) is 11.2. The van der Waals surface area contributed by atoms with E-state index in [-0.39, 0.29) is 54.9 Å². The maximum Gasteiger partial charge on any atom is 0.293 e. The Kier molecular flexibility index (Phi) is 6.39. The summed E-state index contributed by atoms with van der Waals surface area (Å²) in [5, 5.41) is 16.9. The SMILES string of the molecule is CC1CN(S(=O)(=O)CCNC(=O)c2ccc(NC3CC3)c([N+](=O)[O-])c2)CC(C)O1. The third-order valence-corrected chi connectivity index (χ3v) is 6.62. The number of carbonyl (C=O) groups excluding carboxylic acids is 1. The van der Waals surface area contributed by atoms with E-state index in [4.69, 9.17) is 4.74 Å². The molecule has 2 atom stereocenters. The minimum absolute atomic E-state index is 0.0862. The molecule has 10 nitrogen and oxygen atoms in total. The molecule has 29 heavy (non-hydrogen) atoms. The molecule has 0 aromatic heterocycles. The van der Waals surface area contributed by atoms with Gasteiger partial charge in [-0.2, -0.15) is 4.31 Å². The molecule has 1 aliphatic carbocycles. The van der Waals surface area contributed by atoms with E-state index in [1.54, 1.807) is 0 Å². The molecule has 0 spiro atoms. The Morgan fingerprint density at radius 2 is 1.93 bits per heavy atom. The van der Waals surface area contributed by atoms with Gasteiger partial charge < -0.3 is 15.4 Å². The number of ether oxygens (including phenoxy) is 1. The highest BCUT2D eigenvalue weighted by molar-refractivity contribution is 7.89. The highest BCUT2D eigenvalue weighted by Crippen LogP contribution is 2.31. The lowest BCUT2D eigenvalue weighted by atomic mass is 10.1. The average Bonchev–Trinajstić information content (AvgIpc) is 3.44. The molecule has 3 rings (SSSR count). The maximum absolute atomic E-state index is 12.5. The maximum atomic E-state index is 12.5. The van der Waals surface area contributed by atoms with Crippen LogP contribution in [0, 0.1) is 10.1 Å². The first-order valence-electron chi connectivity index (χ1n) is 9.62. The summed E-state index contributed by atoms with van der Waals surface area (Å²) >= 11 is 0. The van der Waals surface area contributed by atoms with Gasteiger partial charge in [0.25, 0.3) is 11.6 Å². The number of benzene rings is 1. The van der Waals surface area contributed by atoms with Crippen molar-refractivity contribution >= 4 is 27.3 Å². The first-order chi connectivity index (χ1) is 13.7. The van der Waals surface area contributed by atoms with Crippen molar-refractivity contribution in [3.63, 3.8) is 0 Å². The van der Waals surface area contributed by atoms with E-state index in [9.17, 15) is 23.3 Å². The Balaban J connectivity index is 1.58. The van der Waals surface area contributed by atoms with Gasteiger partial charge in [0.05, 0.1) is 22.9 Å². The number of carbonyl (C=O) groups is 1. The van der Waals surface area contributed by atoms with Crippen molar-refractivity contribution in [2.24, 2.45) is 0 Å². The van der Waals surface area contributed by atoms with E-state index in [1.165, 1.54) is 22.5 Å². The van der Waals surface area contributed by atoms with Gasteiger partial charge in [-0.3, -0.25) is 14.9 Å². The summed E-state index contributed by atoms with van der Waals surface area (Å²) in [6.45, 7) is 4.10. The van der Waals surface area contributed by atoms with Crippen LogP contribution in [-0.2, 0) is 14.8 Å².